The molecule has 0 unspecified atom stereocenters. The second kappa shape index (κ2) is 4.33. The summed E-state index contributed by atoms with van der Waals surface area (Å²) < 4.78 is 37.0. The smallest absolute Gasteiger partial charge is 0.312 e. The molecule has 17 heavy (non-hydrogen) atoms. The summed E-state index contributed by atoms with van der Waals surface area (Å²) in [5, 5.41) is 3.28. The van der Waals surface area contributed by atoms with Crippen LogP contribution in [0.25, 0.3) is 0 Å². The Labute approximate surface area is 99.0 Å². The van der Waals surface area contributed by atoms with Crippen molar-refractivity contribution >= 4 is 0 Å². The van der Waals surface area contributed by atoms with E-state index in [0.29, 0.717) is 12.0 Å². The fourth-order valence-electron chi connectivity index (χ4n) is 1.71. The first-order valence-corrected chi connectivity index (χ1v) is 5.76. The summed E-state index contributed by atoms with van der Waals surface area (Å²) in [6.07, 6.45) is -1.76. The average Bonchev–Trinajstić information content (AvgIpc) is 2.96. The van der Waals surface area contributed by atoms with Crippen LogP contribution in [0.4, 0.5) is 13.2 Å². The van der Waals surface area contributed by atoms with Gasteiger partial charge >= 0.3 is 6.18 Å². The van der Waals surface area contributed by atoms with E-state index in [1.165, 1.54) is 25.0 Å². The van der Waals surface area contributed by atoms with Crippen molar-refractivity contribution in [3.8, 4) is 0 Å². The van der Waals surface area contributed by atoms with Crippen molar-refractivity contribution in [2.45, 2.75) is 32.5 Å². The number of rotatable bonds is 4. The van der Waals surface area contributed by atoms with E-state index in [9.17, 15) is 13.2 Å². The second-order valence-corrected chi connectivity index (χ2v) is 5.11. The average molecular weight is 243 g/mol. The van der Waals surface area contributed by atoms with E-state index in [1.807, 2.05) is 0 Å². The lowest BCUT2D eigenvalue weighted by molar-refractivity contribution is -0.137. The molecule has 1 nitrogen and oxygen atoms in total. The molecule has 0 amide bonds. The molecule has 0 saturated heterocycles. The Balaban J connectivity index is 1.85. The molecule has 2 rings (SSSR count). The van der Waals surface area contributed by atoms with Gasteiger partial charge in [0.1, 0.15) is 0 Å². The molecule has 1 fully saturated rings. The largest absolute Gasteiger partial charge is 0.416 e. The molecule has 0 aliphatic heterocycles. The third-order valence-electron chi connectivity index (χ3n) is 3.27. The molecule has 1 aromatic carbocycles. The molecule has 0 spiro atoms. The first kappa shape index (κ1) is 12.4. The van der Waals surface area contributed by atoms with Gasteiger partial charge in [-0.2, -0.15) is 13.2 Å². The van der Waals surface area contributed by atoms with E-state index in [1.54, 1.807) is 0 Å². The normalized spacial score (nSPS) is 18.1. The SMILES string of the molecule is CC1(CNCc2ccc(C(F)(F)F)cc2)CC1. The zero-order valence-corrected chi connectivity index (χ0v) is 9.77. The zero-order chi connectivity index (χ0) is 12.5. The standard InChI is InChI=1S/C13H16F3N/c1-12(6-7-12)9-17-8-10-2-4-11(5-3-10)13(14,15)16/h2-5,17H,6-9H2,1H3. The van der Waals surface area contributed by atoms with Crippen molar-refractivity contribution in [2.24, 2.45) is 5.41 Å². The summed E-state index contributed by atoms with van der Waals surface area (Å²) in [6, 6.07) is 5.34. The van der Waals surface area contributed by atoms with Crippen LogP contribution in [0.5, 0.6) is 0 Å². The van der Waals surface area contributed by atoms with Crippen LogP contribution in [-0.4, -0.2) is 6.54 Å². The van der Waals surface area contributed by atoms with Crippen molar-refractivity contribution < 1.29 is 13.2 Å². The molecule has 1 aliphatic carbocycles. The quantitative estimate of drug-likeness (QED) is 0.852. The molecule has 1 aliphatic rings. The maximum absolute atomic E-state index is 12.3. The fraction of sp³-hybridized carbons (Fsp3) is 0.538. The highest BCUT2D eigenvalue weighted by Gasteiger charge is 2.36. The molecular formula is C13H16F3N. The number of benzene rings is 1. The highest BCUT2D eigenvalue weighted by atomic mass is 19.4. The number of hydrogen-bond donors (Lipinski definition) is 1. The zero-order valence-electron chi connectivity index (χ0n) is 9.77. The Kier molecular flexibility index (Phi) is 3.17. The van der Waals surface area contributed by atoms with Crippen LogP contribution >= 0.6 is 0 Å². The molecule has 1 saturated carbocycles. The van der Waals surface area contributed by atoms with Gasteiger partial charge in [0, 0.05) is 13.1 Å². The number of alkyl halides is 3. The van der Waals surface area contributed by atoms with Gasteiger partial charge in [0.15, 0.2) is 0 Å². The number of hydrogen-bond acceptors (Lipinski definition) is 1. The second-order valence-electron chi connectivity index (χ2n) is 5.11. The van der Waals surface area contributed by atoms with Crippen LogP contribution in [0.1, 0.15) is 30.9 Å². The van der Waals surface area contributed by atoms with Crippen LogP contribution in [0, 0.1) is 5.41 Å². The highest BCUT2D eigenvalue weighted by molar-refractivity contribution is 5.24. The van der Waals surface area contributed by atoms with Crippen LogP contribution in [-0.2, 0) is 12.7 Å². The van der Waals surface area contributed by atoms with E-state index in [-0.39, 0.29) is 0 Å². The lowest BCUT2D eigenvalue weighted by Gasteiger charge is -2.11. The minimum atomic E-state index is -4.24. The van der Waals surface area contributed by atoms with E-state index < -0.39 is 11.7 Å². The maximum Gasteiger partial charge on any atom is 0.416 e. The Morgan fingerprint density at radius 1 is 1.18 bits per heavy atom. The minimum absolute atomic E-state index is 0.423. The van der Waals surface area contributed by atoms with Crippen molar-refractivity contribution in [3.05, 3.63) is 35.4 Å². The van der Waals surface area contributed by atoms with Gasteiger partial charge < -0.3 is 5.32 Å². The third-order valence-corrected chi connectivity index (χ3v) is 3.27. The van der Waals surface area contributed by atoms with Crippen molar-refractivity contribution in [1.82, 2.24) is 5.32 Å². The Hall–Kier alpha value is -1.03. The molecule has 0 heterocycles. The molecule has 0 atom stereocenters. The van der Waals surface area contributed by atoms with E-state index >= 15 is 0 Å². The number of halogens is 3. The summed E-state index contributed by atoms with van der Waals surface area (Å²) >= 11 is 0. The predicted molar refractivity (Wildman–Crippen MR) is 60.5 cm³/mol. The number of nitrogens with one attached hydrogen (secondary N) is 1. The van der Waals surface area contributed by atoms with Crippen LogP contribution in [0.3, 0.4) is 0 Å². The van der Waals surface area contributed by atoms with E-state index in [0.717, 1.165) is 24.2 Å². The molecule has 1 aromatic rings. The fourth-order valence-corrected chi connectivity index (χ4v) is 1.71. The van der Waals surface area contributed by atoms with Gasteiger partial charge in [-0.1, -0.05) is 19.1 Å². The minimum Gasteiger partial charge on any atom is -0.312 e. The molecular weight excluding hydrogens is 227 g/mol. The van der Waals surface area contributed by atoms with Crippen LogP contribution < -0.4 is 5.32 Å². The van der Waals surface area contributed by atoms with Gasteiger partial charge in [0.25, 0.3) is 0 Å². The van der Waals surface area contributed by atoms with E-state index in [2.05, 4.69) is 12.2 Å². The lowest BCUT2D eigenvalue weighted by atomic mass is 10.1. The molecule has 1 N–H and O–H groups in total. The molecule has 4 heteroatoms. The Bertz CT molecular complexity index is 377. The van der Waals surface area contributed by atoms with Crippen molar-refractivity contribution in [3.63, 3.8) is 0 Å². The highest BCUT2D eigenvalue weighted by Crippen LogP contribution is 2.44. The van der Waals surface area contributed by atoms with Gasteiger partial charge in [0.05, 0.1) is 5.56 Å². The topological polar surface area (TPSA) is 12.0 Å². The van der Waals surface area contributed by atoms with Crippen LogP contribution in [0.15, 0.2) is 24.3 Å². The lowest BCUT2D eigenvalue weighted by Crippen LogP contribution is -2.21. The molecule has 0 aromatic heterocycles. The van der Waals surface area contributed by atoms with Gasteiger partial charge in [-0.15, -0.1) is 0 Å². The van der Waals surface area contributed by atoms with Crippen molar-refractivity contribution in [2.75, 3.05) is 6.54 Å². The first-order valence-electron chi connectivity index (χ1n) is 5.76. The van der Waals surface area contributed by atoms with Gasteiger partial charge in [-0.25, -0.2) is 0 Å². The summed E-state index contributed by atoms with van der Waals surface area (Å²) in [4.78, 5) is 0. The Morgan fingerprint density at radius 3 is 2.24 bits per heavy atom. The van der Waals surface area contributed by atoms with E-state index in [4.69, 9.17) is 0 Å². The van der Waals surface area contributed by atoms with Gasteiger partial charge in [0.2, 0.25) is 0 Å². The molecule has 0 radical (unpaired) electrons. The monoisotopic (exact) mass is 243 g/mol. The third kappa shape index (κ3) is 3.46. The first-order chi connectivity index (χ1) is 7.89. The van der Waals surface area contributed by atoms with Crippen molar-refractivity contribution in [1.29, 1.82) is 0 Å². The summed E-state index contributed by atoms with van der Waals surface area (Å²) in [5.41, 5.74) is 0.726. The summed E-state index contributed by atoms with van der Waals surface area (Å²) in [7, 11) is 0. The van der Waals surface area contributed by atoms with Crippen LogP contribution in [0.2, 0.25) is 0 Å². The molecule has 94 valence electrons. The van der Waals surface area contributed by atoms with Gasteiger partial charge in [-0.05, 0) is 36.0 Å². The summed E-state index contributed by atoms with van der Waals surface area (Å²) in [5.74, 6) is 0. The Morgan fingerprint density at radius 2 is 1.76 bits per heavy atom. The maximum atomic E-state index is 12.3. The molecule has 0 bridgehead atoms. The summed E-state index contributed by atoms with van der Waals surface area (Å²) in [6.45, 7) is 3.79. The van der Waals surface area contributed by atoms with Gasteiger partial charge in [-0.3, -0.25) is 0 Å². The predicted octanol–water partition coefficient (Wildman–Crippen LogP) is 3.60.